The van der Waals surface area contributed by atoms with E-state index in [4.69, 9.17) is 4.42 Å². The van der Waals surface area contributed by atoms with E-state index in [1.165, 1.54) is 36.6 Å². The van der Waals surface area contributed by atoms with Crippen molar-refractivity contribution in [2.45, 2.75) is 0 Å². The lowest BCUT2D eigenvalue weighted by molar-refractivity contribution is -0.384. The van der Waals surface area contributed by atoms with Gasteiger partial charge in [0.05, 0.1) is 11.2 Å². The molecule has 0 spiro atoms. The second-order valence-electron chi connectivity index (χ2n) is 5.65. The van der Waals surface area contributed by atoms with Gasteiger partial charge in [-0.1, -0.05) is 18.2 Å². The number of carbonyl (C=O) groups excluding carboxylic acids is 2. The van der Waals surface area contributed by atoms with E-state index in [1.807, 2.05) is 6.07 Å². The van der Waals surface area contributed by atoms with Crippen LogP contribution >= 0.6 is 0 Å². The minimum absolute atomic E-state index is 0.0397. The number of hydrogen-bond donors (Lipinski definition) is 2. The molecule has 0 saturated heterocycles. The van der Waals surface area contributed by atoms with Crippen molar-refractivity contribution in [1.29, 1.82) is 0 Å². The molecule has 0 bridgehead atoms. The molecular formula is C20H15N3O5. The van der Waals surface area contributed by atoms with Crippen molar-refractivity contribution in [3.8, 4) is 0 Å². The molecule has 8 heteroatoms. The summed E-state index contributed by atoms with van der Waals surface area (Å²) in [4.78, 5) is 35.3. The molecule has 1 heterocycles. The van der Waals surface area contributed by atoms with Gasteiger partial charge in [0.1, 0.15) is 11.5 Å². The zero-order chi connectivity index (χ0) is 19.9. The Morgan fingerprint density at radius 1 is 0.964 bits per heavy atom. The Balaban J connectivity index is 1.81. The highest BCUT2D eigenvalue weighted by Crippen LogP contribution is 2.14. The molecule has 8 nitrogen and oxygen atoms in total. The first-order valence-electron chi connectivity index (χ1n) is 8.20. The van der Waals surface area contributed by atoms with Gasteiger partial charge >= 0.3 is 0 Å². The fraction of sp³-hybridized carbons (Fsp3) is 0. The maximum absolute atomic E-state index is 12.6. The highest BCUT2D eigenvalue weighted by Gasteiger charge is 2.16. The molecule has 0 atom stereocenters. The number of benzene rings is 2. The van der Waals surface area contributed by atoms with Crippen molar-refractivity contribution in [2.75, 3.05) is 5.32 Å². The Morgan fingerprint density at radius 3 is 2.29 bits per heavy atom. The van der Waals surface area contributed by atoms with Gasteiger partial charge < -0.3 is 15.1 Å². The molecule has 0 fully saturated rings. The van der Waals surface area contributed by atoms with Crippen molar-refractivity contribution in [1.82, 2.24) is 5.32 Å². The summed E-state index contributed by atoms with van der Waals surface area (Å²) < 4.78 is 5.21. The van der Waals surface area contributed by atoms with E-state index in [0.29, 0.717) is 11.4 Å². The fourth-order valence-corrected chi connectivity index (χ4v) is 2.32. The molecule has 0 aliphatic carbocycles. The number of carbonyl (C=O) groups is 2. The number of anilines is 1. The van der Waals surface area contributed by atoms with Crippen molar-refractivity contribution >= 4 is 29.3 Å². The van der Waals surface area contributed by atoms with Crippen LogP contribution in [0.4, 0.5) is 11.4 Å². The lowest BCUT2D eigenvalue weighted by atomic mass is 10.2. The minimum Gasteiger partial charge on any atom is -0.465 e. The zero-order valence-corrected chi connectivity index (χ0v) is 14.5. The lowest BCUT2D eigenvalue weighted by Gasteiger charge is -2.10. The number of para-hydroxylation sites is 1. The molecular weight excluding hydrogens is 362 g/mol. The summed E-state index contributed by atoms with van der Waals surface area (Å²) >= 11 is 0. The predicted octanol–water partition coefficient (Wildman–Crippen LogP) is 3.60. The van der Waals surface area contributed by atoms with Gasteiger partial charge in [-0.05, 0) is 36.4 Å². The number of nitrogens with zero attached hydrogens (tertiary/aromatic N) is 1. The van der Waals surface area contributed by atoms with Gasteiger partial charge in [-0.25, -0.2) is 0 Å². The van der Waals surface area contributed by atoms with Crippen LogP contribution in [0.2, 0.25) is 0 Å². The highest BCUT2D eigenvalue weighted by molar-refractivity contribution is 6.10. The summed E-state index contributed by atoms with van der Waals surface area (Å²) in [6, 6.07) is 17.1. The quantitative estimate of drug-likeness (QED) is 0.387. The minimum atomic E-state index is -0.587. The number of nitro benzene ring substituents is 1. The highest BCUT2D eigenvalue weighted by atomic mass is 16.6. The van der Waals surface area contributed by atoms with Crippen molar-refractivity contribution in [2.24, 2.45) is 0 Å². The first-order valence-corrected chi connectivity index (χ1v) is 8.20. The lowest BCUT2D eigenvalue weighted by Crippen LogP contribution is -2.30. The van der Waals surface area contributed by atoms with E-state index in [-0.39, 0.29) is 16.9 Å². The van der Waals surface area contributed by atoms with Crippen LogP contribution < -0.4 is 10.6 Å². The smallest absolute Gasteiger partial charge is 0.272 e. The van der Waals surface area contributed by atoms with Crippen LogP contribution in [0.1, 0.15) is 16.1 Å². The maximum atomic E-state index is 12.6. The molecule has 3 rings (SSSR count). The largest absolute Gasteiger partial charge is 0.465 e. The average Bonchev–Trinajstić information content (AvgIpc) is 3.21. The van der Waals surface area contributed by atoms with E-state index in [9.17, 15) is 19.7 Å². The summed E-state index contributed by atoms with van der Waals surface area (Å²) in [6.07, 6.45) is 2.83. The number of nitrogens with one attached hydrogen (secondary N) is 2. The van der Waals surface area contributed by atoms with E-state index >= 15 is 0 Å². The molecule has 0 aliphatic rings. The third-order valence-corrected chi connectivity index (χ3v) is 3.69. The molecule has 0 saturated carbocycles. The molecule has 2 amide bonds. The molecule has 0 radical (unpaired) electrons. The first-order chi connectivity index (χ1) is 13.5. The van der Waals surface area contributed by atoms with Crippen LogP contribution in [0, 0.1) is 10.1 Å². The third-order valence-electron chi connectivity index (χ3n) is 3.69. The van der Waals surface area contributed by atoms with Gasteiger partial charge in [0.25, 0.3) is 17.5 Å². The molecule has 28 heavy (non-hydrogen) atoms. The molecule has 0 aliphatic heterocycles. The van der Waals surface area contributed by atoms with Gasteiger partial charge in [0.15, 0.2) is 0 Å². The number of non-ortho nitro benzene ring substituents is 1. The SMILES string of the molecule is O=C(Nc1ccccc1)C(=Cc1ccco1)NC(=O)c1ccc([N+](=O)[O-])cc1. The molecule has 2 aromatic carbocycles. The maximum Gasteiger partial charge on any atom is 0.272 e. The Labute approximate surface area is 159 Å². The Morgan fingerprint density at radius 2 is 1.68 bits per heavy atom. The van der Waals surface area contributed by atoms with Crippen molar-refractivity contribution in [3.63, 3.8) is 0 Å². The van der Waals surface area contributed by atoms with Gasteiger partial charge in [0, 0.05) is 29.5 Å². The van der Waals surface area contributed by atoms with E-state index in [1.54, 1.807) is 36.4 Å². The number of amides is 2. The molecule has 1 aromatic heterocycles. The standard InChI is InChI=1S/C20H15N3O5/c24-19(14-8-10-16(11-9-14)23(26)27)22-18(13-17-7-4-12-28-17)20(25)21-15-5-2-1-3-6-15/h1-13H,(H,21,25)(H,22,24). The van der Waals surface area contributed by atoms with Crippen LogP contribution in [0.15, 0.2) is 83.1 Å². The van der Waals surface area contributed by atoms with Crippen molar-refractivity contribution in [3.05, 3.63) is 100 Å². The summed E-state index contributed by atoms with van der Waals surface area (Å²) in [5, 5.41) is 15.9. The summed E-state index contributed by atoms with van der Waals surface area (Å²) in [5.74, 6) is -0.754. The topological polar surface area (TPSA) is 114 Å². The zero-order valence-electron chi connectivity index (χ0n) is 14.5. The average molecular weight is 377 g/mol. The Bertz CT molecular complexity index is 1010. The number of furan rings is 1. The molecule has 2 N–H and O–H groups in total. The monoisotopic (exact) mass is 377 g/mol. The van der Waals surface area contributed by atoms with Crippen LogP contribution in [0.5, 0.6) is 0 Å². The predicted molar refractivity (Wildman–Crippen MR) is 102 cm³/mol. The summed E-state index contributed by atoms with van der Waals surface area (Å²) in [5.41, 5.74) is 0.553. The van der Waals surface area contributed by atoms with Crippen LogP contribution in [0.25, 0.3) is 6.08 Å². The van der Waals surface area contributed by atoms with Gasteiger partial charge in [-0.2, -0.15) is 0 Å². The van der Waals surface area contributed by atoms with Crippen LogP contribution in [-0.2, 0) is 4.79 Å². The molecule has 3 aromatic rings. The van der Waals surface area contributed by atoms with Gasteiger partial charge in [-0.15, -0.1) is 0 Å². The first kappa shape index (κ1) is 18.6. The summed E-state index contributed by atoms with van der Waals surface area (Å²) in [7, 11) is 0. The van der Waals surface area contributed by atoms with E-state index in [0.717, 1.165) is 0 Å². The van der Waals surface area contributed by atoms with Crippen LogP contribution in [-0.4, -0.2) is 16.7 Å². The van der Waals surface area contributed by atoms with Crippen molar-refractivity contribution < 1.29 is 18.9 Å². The van der Waals surface area contributed by atoms with E-state index in [2.05, 4.69) is 10.6 Å². The Kier molecular flexibility index (Phi) is 5.61. The Hall–Kier alpha value is -4.20. The van der Waals surface area contributed by atoms with E-state index < -0.39 is 16.7 Å². The van der Waals surface area contributed by atoms with Gasteiger partial charge in [-0.3, -0.25) is 19.7 Å². The normalized spacial score (nSPS) is 10.9. The van der Waals surface area contributed by atoms with Crippen LogP contribution in [0.3, 0.4) is 0 Å². The van der Waals surface area contributed by atoms with Gasteiger partial charge in [0.2, 0.25) is 0 Å². The number of rotatable bonds is 6. The summed E-state index contributed by atoms with van der Waals surface area (Å²) in [6.45, 7) is 0. The second-order valence-corrected chi connectivity index (χ2v) is 5.65. The molecule has 0 unspecified atom stereocenters. The molecule has 140 valence electrons. The number of hydrogen-bond acceptors (Lipinski definition) is 5. The third kappa shape index (κ3) is 4.70. The number of nitro groups is 1. The second kappa shape index (κ2) is 8.45. The fourth-order valence-electron chi connectivity index (χ4n) is 2.32.